The zero-order chi connectivity index (χ0) is 16.6. The number of aryl methyl sites for hydroxylation is 1. The molecule has 0 aromatic heterocycles. The van der Waals surface area contributed by atoms with Gasteiger partial charge in [-0.1, -0.05) is 25.1 Å². The van der Waals surface area contributed by atoms with Gasteiger partial charge in [0.25, 0.3) is 0 Å². The molecule has 0 atom stereocenters. The summed E-state index contributed by atoms with van der Waals surface area (Å²) in [5, 5.41) is 0. The highest BCUT2D eigenvalue weighted by molar-refractivity contribution is 5.66. The number of hydrogen-bond acceptors (Lipinski definition) is 2. The molecule has 1 spiro atoms. The van der Waals surface area contributed by atoms with Gasteiger partial charge in [0.05, 0.1) is 0 Å². The molecular weight excluding hydrogens is 301 g/mol. The fourth-order valence-electron chi connectivity index (χ4n) is 3.97. The average molecular weight is 325 g/mol. The maximum absolute atomic E-state index is 13.1. The molecule has 0 N–H and O–H groups in total. The molecule has 2 aliphatic rings. The Kier molecular flexibility index (Phi) is 4.05. The Bertz CT molecular complexity index is 717. The van der Waals surface area contributed by atoms with Crippen LogP contribution < -0.4 is 4.74 Å². The minimum absolute atomic E-state index is 0.0378. The molecule has 4 rings (SSSR count). The highest BCUT2D eigenvalue weighted by Gasteiger charge is 2.39. The van der Waals surface area contributed by atoms with Gasteiger partial charge in [0, 0.05) is 13.1 Å². The Hall–Kier alpha value is -1.87. The van der Waals surface area contributed by atoms with Crippen LogP contribution in [0.5, 0.6) is 5.75 Å². The first-order chi connectivity index (χ1) is 11.7. The SMILES string of the molecule is CCN1CCC2(CCc3cc(-c4ccc(F)cc4)ccc3O2)CC1. The summed E-state index contributed by atoms with van der Waals surface area (Å²) >= 11 is 0. The molecule has 0 amide bonds. The number of ether oxygens (including phenoxy) is 1. The van der Waals surface area contributed by atoms with E-state index < -0.39 is 0 Å². The minimum atomic E-state index is -0.194. The van der Waals surface area contributed by atoms with E-state index >= 15 is 0 Å². The summed E-state index contributed by atoms with van der Waals surface area (Å²) < 4.78 is 19.6. The van der Waals surface area contributed by atoms with Crippen molar-refractivity contribution in [1.29, 1.82) is 0 Å². The molecule has 0 bridgehead atoms. The zero-order valence-corrected chi connectivity index (χ0v) is 14.2. The number of benzene rings is 2. The first kappa shape index (κ1) is 15.6. The van der Waals surface area contributed by atoms with Gasteiger partial charge in [-0.3, -0.25) is 0 Å². The Morgan fingerprint density at radius 2 is 1.71 bits per heavy atom. The average Bonchev–Trinajstić information content (AvgIpc) is 2.63. The lowest BCUT2D eigenvalue weighted by atomic mass is 9.82. The molecule has 2 aromatic carbocycles. The largest absolute Gasteiger partial charge is 0.487 e. The molecule has 24 heavy (non-hydrogen) atoms. The van der Waals surface area contributed by atoms with Crippen molar-refractivity contribution in [2.45, 2.75) is 38.2 Å². The number of halogens is 1. The van der Waals surface area contributed by atoms with Crippen molar-refractivity contribution in [3.8, 4) is 16.9 Å². The van der Waals surface area contributed by atoms with E-state index in [1.165, 1.54) is 17.7 Å². The van der Waals surface area contributed by atoms with Crippen LogP contribution in [-0.4, -0.2) is 30.1 Å². The van der Waals surface area contributed by atoms with Crippen LogP contribution in [0, 0.1) is 5.82 Å². The van der Waals surface area contributed by atoms with Crippen molar-refractivity contribution in [3.05, 3.63) is 53.8 Å². The minimum Gasteiger partial charge on any atom is -0.487 e. The lowest BCUT2D eigenvalue weighted by molar-refractivity contribution is -0.0132. The lowest BCUT2D eigenvalue weighted by Crippen LogP contribution is -2.49. The van der Waals surface area contributed by atoms with E-state index in [2.05, 4.69) is 30.0 Å². The summed E-state index contributed by atoms with van der Waals surface area (Å²) in [5.74, 6) is 0.845. The third-order valence-corrected chi connectivity index (χ3v) is 5.63. The topological polar surface area (TPSA) is 12.5 Å². The highest BCUT2D eigenvalue weighted by Crippen LogP contribution is 2.40. The first-order valence-electron chi connectivity index (χ1n) is 8.98. The van der Waals surface area contributed by atoms with Crippen molar-refractivity contribution in [1.82, 2.24) is 4.90 Å². The number of fused-ring (bicyclic) bond motifs is 1. The van der Waals surface area contributed by atoms with Gasteiger partial charge in [-0.2, -0.15) is 0 Å². The van der Waals surface area contributed by atoms with E-state index in [1.807, 2.05) is 12.1 Å². The van der Waals surface area contributed by atoms with Crippen LogP contribution in [0.25, 0.3) is 11.1 Å². The normalized spacial score (nSPS) is 19.8. The van der Waals surface area contributed by atoms with Crippen LogP contribution in [0.2, 0.25) is 0 Å². The Morgan fingerprint density at radius 1 is 1.00 bits per heavy atom. The Balaban J connectivity index is 1.54. The number of nitrogens with zero attached hydrogens (tertiary/aromatic N) is 1. The van der Waals surface area contributed by atoms with E-state index in [0.29, 0.717) is 0 Å². The highest BCUT2D eigenvalue weighted by atomic mass is 19.1. The van der Waals surface area contributed by atoms with Crippen LogP contribution in [0.15, 0.2) is 42.5 Å². The van der Waals surface area contributed by atoms with Gasteiger partial charge in [0.15, 0.2) is 0 Å². The summed E-state index contributed by atoms with van der Waals surface area (Å²) in [4.78, 5) is 2.50. The van der Waals surface area contributed by atoms with Gasteiger partial charge in [-0.05, 0) is 73.2 Å². The van der Waals surface area contributed by atoms with Crippen LogP contribution in [0.1, 0.15) is 31.7 Å². The first-order valence-corrected chi connectivity index (χ1v) is 8.98. The third-order valence-electron chi connectivity index (χ3n) is 5.63. The molecule has 2 heterocycles. The van der Waals surface area contributed by atoms with Gasteiger partial charge < -0.3 is 9.64 Å². The van der Waals surface area contributed by atoms with Crippen molar-refractivity contribution in [2.24, 2.45) is 0 Å². The van der Waals surface area contributed by atoms with Gasteiger partial charge in [0.2, 0.25) is 0 Å². The molecular formula is C21H24FNO. The van der Waals surface area contributed by atoms with Gasteiger partial charge in [-0.15, -0.1) is 0 Å². The summed E-state index contributed by atoms with van der Waals surface area (Å²) in [6, 6.07) is 13.1. The summed E-state index contributed by atoms with van der Waals surface area (Å²) in [6.45, 7) is 5.64. The second-order valence-electron chi connectivity index (χ2n) is 7.05. The molecule has 1 fully saturated rings. The second kappa shape index (κ2) is 6.21. The number of piperidine rings is 1. The summed E-state index contributed by atoms with van der Waals surface area (Å²) in [6.07, 6.45) is 4.42. The van der Waals surface area contributed by atoms with Gasteiger partial charge >= 0.3 is 0 Å². The number of likely N-dealkylation sites (tertiary alicyclic amines) is 1. The molecule has 3 heteroatoms. The smallest absolute Gasteiger partial charge is 0.123 e. The molecule has 2 nitrogen and oxygen atoms in total. The van der Waals surface area contributed by atoms with Crippen LogP contribution in [-0.2, 0) is 6.42 Å². The molecule has 0 saturated carbocycles. The van der Waals surface area contributed by atoms with E-state index in [4.69, 9.17) is 4.74 Å². The third kappa shape index (κ3) is 2.93. The summed E-state index contributed by atoms with van der Waals surface area (Å²) in [5.41, 5.74) is 3.50. The fourth-order valence-corrected chi connectivity index (χ4v) is 3.97. The standard InChI is InChI=1S/C21H24FNO/c1-2-23-13-11-21(12-14-23)10-9-18-15-17(5-8-20(18)24-21)16-3-6-19(22)7-4-16/h3-8,15H,2,9-14H2,1H3. The van der Waals surface area contributed by atoms with Crippen molar-refractivity contribution >= 4 is 0 Å². The molecule has 0 unspecified atom stereocenters. The maximum Gasteiger partial charge on any atom is 0.123 e. The predicted molar refractivity (Wildman–Crippen MR) is 94.9 cm³/mol. The number of rotatable bonds is 2. The quantitative estimate of drug-likeness (QED) is 0.795. The zero-order valence-electron chi connectivity index (χ0n) is 14.2. The molecule has 2 aromatic rings. The summed E-state index contributed by atoms with van der Waals surface area (Å²) in [7, 11) is 0. The van der Waals surface area contributed by atoms with E-state index in [9.17, 15) is 4.39 Å². The van der Waals surface area contributed by atoms with Crippen molar-refractivity contribution < 1.29 is 9.13 Å². The van der Waals surface area contributed by atoms with E-state index in [1.54, 1.807) is 0 Å². The fraction of sp³-hybridized carbons (Fsp3) is 0.429. The van der Waals surface area contributed by atoms with Gasteiger partial charge in [0.1, 0.15) is 17.2 Å². The lowest BCUT2D eigenvalue weighted by Gasteiger charge is -2.44. The second-order valence-corrected chi connectivity index (χ2v) is 7.05. The van der Waals surface area contributed by atoms with Crippen molar-refractivity contribution in [3.63, 3.8) is 0 Å². The van der Waals surface area contributed by atoms with E-state index in [0.717, 1.165) is 62.2 Å². The molecule has 0 radical (unpaired) electrons. The molecule has 0 aliphatic carbocycles. The van der Waals surface area contributed by atoms with Crippen LogP contribution >= 0.6 is 0 Å². The van der Waals surface area contributed by atoms with Gasteiger partial charge in [-0.25, -0.2) is 4.39 Å². The van der Waals surface area contributed by atoms with Crippen LogP contribution in [0.3, 0.4) is 0 Å². The van der Waals surface area contributed by atoms with Crippen LogP contribution in [0.4, 0.5) is 4.39 Å². The molecule has 2 aliphatic heterocycles. The molecule has 1 saturated heterocycles. The monoisotopic (exact) mass is 325 g/mol. The Morgan fingerprint density at radius 3 is 2.42 bits per heavy atom. The number of hydrogen-bond donors (Lipinski definition) is 0. The molecule has 126 valence electrons. The predicted octanol–water partition coefficient (Wildman–Crippen LogP) is 4.67. The van der Waals surface area contributed by atoms with E-state index in [-0.39, 0.29) is 11.4 Å². The van der Waals surface area contributed by atoms with Crippen molar-refractivity contribution in [2.75, 3.05) is 19.6 Å². The Labute approximate surface area is 143 Å². The maximum atomic E-state index is 13.1.